The van der Waals surface area contributed by atoms with Crippen LogP contribution in [0.5, 0.6) is 0 Å². The fraction of sp³-hybridized carbons (Fsp3) is 0.500. The van der Waals surface area contributed by atoms with Crippen molar-refractivity contribution in [3.63, 3.8) is 0 Å². The van der Waals surface area contributed by atoms with E-state index >= 15 is 0 Å². The maximum atomic E-state index is 12.8. The molecule has 1 amide bonds. The lowest BCUT2D eigenvalue weighted by molar-refractivity contribution is -0.0616. The van der Waals surface area contributed by atoms with E-state index in [9.17, 15) is 33.1 Å². The van der Waals surface area contributed by atoms with Gasteiger partial charge in [0.05, 0.1) is 30.2 Å². The Morgan fingerprint density at radius 3 is 2.65 bits per heavy atom. The van der Waals surface area contributed by atoms with Crippen molar-refractivity contribution in [2.75, 3.05) is 25.1 Å². The Labute approximate surface area is 264 Å². The Hall–Kier alpha value is -0.990. The van der Waals surface area contributed by atoms with E-state index in [0.29, 0.717) is 0 Å². The number of nitrogen functional groups attached to an aromatic ring is 1. The predicted octanol–water partition coefficient (Wildman–Crippen LogP) is 2.18. The highest BCUT2D eigenvalue weighted by molar-refractivity contribution is 14.1. The van der Waals surface area contributed by atoms with Crippen molar-refractivity contribution in [2.24, 2.45) is 0 Å². The van der Waals surface area contributed by atoms with Gasteiger partial charge in [0.1, 0.15) is 17.8 Å². The maximum absolute atomic E-state index is 12.8. The predicted molar refractivity (Wildman–Crippen MR) is 163 cm³/mol. The van der Waals surface area contributed by atoms with Crippen LogP contribution in [0.3, 0.4) is 0 Å². The summed E-state index contributed by atoms with van der Waals surface area (Å²) in [5.74, 6) is 5.31. The monoisotopic (exact) mass is 819 g/mol. The van der Waals surface area contributed by atoms with Crippen LogP contribution >= 0.6 is 67.6 Å². The van der Waals surface area contributed by atoms with Crippen molar-refractivity contribution in [3.8, 4) is 11.8 Å². The smallest absolute Gasteiger partial charge is 0.369 e. The Kier molecular flexibility index (Phi) is 12.8. The molecule has 1 aliphatic heterocycles. The fourth-order valence-electron chi connectivity index (χ4n) is 3.78. The normalized spacial score (nSPS) is 22.3. The number of fused-ring (bicyclic) bond motifs is 1. The number of nitrogens with zero attached hydrogens (tertiary/aromatic N) is 2. The largest absolute Gasteiger partial charge is 0.490 e. The number of halogens is 1. The molecule has 8 N–H and O–H groups in total. The second-order valence-electron chi connectivity index (χ2n) is 8.29. The second kappa shape index (κ2) is 15.1. The summed E-state index contributed by atoms with van der Waals surface area (Å²) in [4.78, 5) is 67.2. The molecule has 6 atom stereocenters. The third-order valence-corrected chi connectivity index (χ3v) is 11.3. The summed E-state index contributed by atoms with van der Waals surface area (Å²) in [7, 11) is -14.0. The Bertz CT molecular complexity index is 1610. The molecule has 1 saturated heterocycles. The molecule has 0 bridgehead atoms. The van der Waals surface area contributed by atoms with Gasteiger partial charge in [-0.1, -0.05) is 33.4 Å². The van der Waals surface area contributed by atoms with Crippen LogP contribution in [0, 0.1) is 11.8 Å². The van der Waals surface area contributed by atoms with Crippen LogP contribution in [0.1, 0.15) is 25.1 Å². The van der Waals surface area contributed by atoms with Crippen molar-refractivity contribution in [3.05, 3.63) is 22.1 Å². The van der Waals surface area contributed by atoms with Crippen LogP contribution in [0.4, 0.5) is 10.7 Å². The van der Waals surface area contributed by atoms with Gasteiger partial charge in [0.25, 0.3) is 9.47 Å². The number of carbonyl (C=O) groups is 1. The first kappa shape index (κ1) is 36.5. The summed E-state index contributed by atoms with van der Waals surface area (Å²) in [6.45, 7) is 0.973. The number of nitrogens with two attached hydrogens (primary N) is 1. The molecule has 2 unspecified atom stereocenters. The zero-order valence-corrected chi connectivity index (χ0v) is 28.4. The number of ether oxygens (including phenoxy) is 2. The number of phosphoric acid groups is 3. The van der Waals surface area contributed by atoms with E-state index in [1.54, 1.807) is 29.5 Å². The van der Waals surface area contributed by atoms with E-state index in [1.807, 2.05) is 6.26 Å². The number of amides is 1. The van der Waals surface area contributed by atoms with Gasteiger partial charge in [0.15, 0.2) is 5.65 Å². The third-order valence-electron chi connectivity index (χ3n) is 5.15. The van der Waals surface area contributed by atoms with Gasteiger partial charge in [-0.15, -0.1) is 0 Å². The third kappa shape index (κ3) is 11.1. The maximum Gasteiger partial charge on any atom is 0.490 e. The summed E-state index contributed by atoms with van der Waals surface area (Å²) >= 11 is 1.54. The molecule has 0 radical (unpaired) electrons. The first-order valence-electron chi connectivity index (χ1n) is 11.5. The molecule has 1 aliphatic rings. The zero-order chi connectivity index (χ0) is 32.2. The molecule has 43 heavy (non-hydrogen) atoms. The minimum Gasteiger partial charge on any atom is -0.369 e. The highest BCUT2D eigenvalue weighted by atomic mass is 127. The SMILES string of the molecule is CSS[C@@H](C)O[C@@H]1C[C@H](n2cc(C#CCNC(=O)I)c3c(=O)[nH]c(N)nc32)O[C@@H]1COP(=O)(O)OP(=O)(O)OP(=O)(O)O. The molecule has 25 heteroatoms. The Morgan fingerprint density at radius 2 is 2.02 bits per heavy atom. The zero-order valence-electron chi connectivity index (χ0n) is 21.9. The number of aromatic amines is 1. The minimum absolute atomic E-state index is 0.00172. The van der Waals surface area contributed by atoms with Gasteiger partial charge in [-0.2, -0.15) is 13.6 Å². The molecule has 0 spiro atoms. The van der Waals surface area contributed by atoms with Crippen LogP contribution in [0.15, 0.2) is 11.0 Å². The lowest BCUT2D eigenvalue weighted by Gasteiger charge is -2.23. The minimum atomic E-state index is -5.73. The van der Waals surface area contributed by atoms with Crippen molar-refractivity contribution in [2.45, 2.75) is 37.2 Å². The molecule has 1 fully saturated rings. The summed E-state index contributed by atoms with van der Waals surface area (Å²) in [6.07, 6.45) is 0.505. The molecule has 3 rings (SSSR count). The average Bonchev–Trinajstić information content (AvgIpc) is 3.39. The van der Waals surface area contributed by atoms with E-state index in [0.717, 1.165) is 0 Å². The molecule has 0 aliphatic carbocycles. The molecule has 2 aromatic heterocycles. The number of H-pyrrole nitrogens is 1. The van der Waals surface area contributed by atoms with Gasteiger partial charge in [-0.25, -0.2) is 13.7 Å². The van der Waals surface area contributed by atoms with Gasteiger partial charge in [0.2, 0.25) is 5.95 Å². The van der Waals surface area contributed by atoms with Crippen LogP contribution in [-0.4, -0.2) is 75.1 Å². The molecule has 0 aromatic carbocycles. The number of rotatable bonds is 13. The van der Waals surface area contributed by atoms with Crippen molar-refractivity contribution in [1.82, 2.24) is 19.9 Å². The van der Waals surface area contributed by atoms with Gasteiger partial charge in [-0.3, -0.25) is 19.1 Å². The number of hydrogen-bond acceptors (Lipinski definition) is 14. The number of phosphoric ester groups is 1. The quantitative estimate of drug-likeness (QED) is 0.0290. The lowest BCUT2D eigenvalue weighted by atomic mass is 10.2. The van der Waals surface area contributed by atoms with Crippen molar-refractivity contribution in [1.29, 1.82) is 0 Å². The molecular weight excluding hydrogens is 794 g/mol. The molecule has 0 saturated carbocycles. The fourth-order valence-corrected chi connectivity index (χ4v) is 8.41. The molecule has 240 valence electrons. The number of aromatic nitrogens is 3. The van der Waals surface area contributed by atoms with Crippen LogP contribution in [0.25, 0.3) is 11.0 Å². The van der Waals surface area contributed by atoms with Crippen molar-refractivity contribution < 1.29 is 60.7 Å². The van der Waals surface area contributed by atoms with Gasteiger partial charge < -0.3 is 44.7 Å². The van der Waals surface area contributed by atoms with Gasteiger partial charge >= 0.3 is 23.5 Å². The molecule has 19 nitrogen and oxygen atoms in total. The number of nitrogens with one attached hydrogen (secondary N) is 2. The van der Waals surface area contributed by atoms with Crippen LogP contribution < -0.4 is 16.6 Å². The van der Waals surface area contributed by atoms with Crippen molar-refractivity contribution >= 4 is 88.5 Å². The van der Waals surface area contributed by atoms with Crippen LogP contribution in [0.2, 0.25) is 0 Å². The van der Waals surface area contributed by atoms with E-state index < -0.39 is 59.5 Å². The Balaban J connectivity index is 1.90. The molecular formula is C18H25IN5O14P3S2. The number of hydrogen-bond donors (Lipinski definition) is 7. The van der Waals surface area contributed by atoms with E-state index in [-0.39, 0.29) is 39.4 Å². The second-order valence-corrected chi connectivity index (χ2v) is 16.5. The topological polar surface area (TPSA) is 284 Å². The molecule has 3 heterocycles. The van der Waals surface area contributed by atoms with Crippen LogP contribution in [-0.2, 0) is 36.3 Å². The average molecular weight is 819 g/mol. The van der Waals surface area contributed by atoms with E-state index in [1.165, 1.54) is 32.4 Å². The highest BCUT2D eigenvalue weighted by Crippen LogP contribution is 2.66. The summed E-state index contributed by atoms with van der Waals surface area (Å²) in [6, 6.07) is 0. The first-order valence-corrected chi connectivity index (χ1v) is 19.7. The van der Waals surface area contributed by atoms with Gasteiger partial charge in [-0.05, 0) is 13.2 Å². The van der Waals surface area contributed by atoms with E-state index in [4.69, 9.17) is 29.5 Å². The van der Waals surface area contributed by atoms with E-state index in [2.05, 4.69) is 35.7 Å². The number of carbonyl (C=O) groups excluding carboxylic acids is 1. The molecule has 2 aromatic rings. The highest BCUT2D eigenvalue weighted by Gasteiger charge is 2.44. The lowest BCUT2D eigenvalue weighted by Crippen LogP contribution is -2.30. The summed E-state index contributed by atoms with van der Waals surface area (Å²) in [5, 5.41) is 2.57. The summed E-state index contributed by atoms with van der Waals surface area (Å²) < 4.78 is 60.3. The number of anilines is 1. The standard InChI is InChI=1S/C18H25IN5O14P3S2/c1-9(43-42-2)35-11-6-13(36-12(11)8-34-40(30,31)38-41(32,33)37-39(27,28)29)24-7-10(4-3-5-21-17(19)26)14-15(24)22-18(20)23-16(14)25/h7,9,11-13H,5-6,8H2,1-2H3,(H,21,26)(H,30,31)(H,32,33)(H2,27,28,29)(H3,20,22,23,25)/t9-,11+,12+,13+/m0/s1. The summed E-state index contributed by atoms with van der Waals surface area (Å²) in [5.41, 5.74) is 5.08. The first-order chi connectivity index (χ1) is 19.9. The van der Waals surface area contributed by atoms with Gasteiger partial charge in [0, 0.05) is 35.2 Å². The Morgan fingerprint density at radius 1 is 1.33 bits per heavy atom.